The lowest BCUT2D eigenvalue weighted by Crippen LogP contribution is -2.42. The smallest absolute Gasteiger partial charge is 0.410 e. The predicted molar refractivity (Wildman–Crippen MR) is 70.1 cm³/mol. The zero-order valence-electron chi connectivity index (χ0n) is 10.7. The molecular formula is C14H20N2O2. The summed E-state index contributed by atoms with van der Waals surface area (Å²) in [6.45, 7) is 2.97. The maximum Gasteiger partial charge on any atom is 0.410 e. The van der Waals surface area contributed by atoms with Gasteiger partial charge in [-0.2, -0.15) is 0 Å². The molecule has 1 aromatic rings. The number of benzene rings is 1. The first kappa shape index (κ1) is 12.9. The van der Waals surface area contributed by atoms with E-state index in [0.29, 0.717) is 6.61 Å². The van der Waals surface area contributed by atoms with Gasteiger partial charge < -0.3 is 15.4 Å². The van der Waals surface area contributed by atoms with Crippen molar-refractivity contribution >= 4 is 6.09 Å². The summed E-state index contributed by atoms with van der Waals surface area (Å²) in [5, 5.41) is 0. The van der Waals surface area contributed by atoms with Gasteiger partial charge in [-0.3, -0.25) is 0 Å². The van der Waals surface area contributed by atoms with Gasteiger partial charge in [-0.15, -0.1) is 0 Å². The fraction of sp³-hybridized carbons (Fsp3) is 0.500. The van der Waals surface area contributed by atoms with Crippen LogP contribution in [-0.4, -0.2) is 30.2 Å². The van der Waals surface area contributed by atoms with Gasteiger partial charge in [-0.1, -0.05) is 30.3 Å². The van der Waals surface area contributed by atoms with Gasteiger partial charge in [0.1, 0.15) is 0 Å². The van der Waals surface area contributed by atoms with Crippen molar-refractivity contribution in [2.75, 3.05) is 13.2 Å². The van der Waals surface area contributed by atoms with E-state index >= 15 is 0 Å². The largest absolute Gasteiger partial charge is 0.450 e. The van der Waals surface area contributed by atoms with Gasteiger partial charge in [-0.25, -0.2) is 4.79 Å². The second kappa shape index (κ2) is 5.87. The van der Waals surface area contributed by atoms with Crippen LogP contribution in [0.3, 0.4) is 0 Å². The van der Waals surface area contributed by atoms with Crippen LogP contribution in [0.25, 0.3) is 0 Å². The van der Waals surface area contributed by atoms with Crippen LogP contribution >= 0.6 is 0 Å². The van der Waals surface area contributed by atoms with Crippen LogP contribution in [0.5, 0.6) is 0 Å². The summed E-state index contributed by atoms with van der Waals surface area (Å²) in [6, 6.07) is 9.83. The van der Waals surface area contributed by atoms with E-state index in [9.17, 15) is 4.79 Å². The lowest BCUT2D eigenvalue weighted by Gasteiger charge is -2.28. The van der Waals surface area contributed by atoms with Gasteiger partial charge in [-0.05, 0) is 25.3 Å². The Balaban J connectivity index is 2.09. The number of nitrogens with zero attached hydrogens (tertiary/aromatic N) is 1. The first-order valence-electron chi connectivity index (χ1n) is 6.48. The molecule has 2 atom stereocenters. The normalized spacial score (nSPS) is 20.8. The molecule has 2 N–H and O–H groups in total. The molecule has 2 unspecified atom stereocenters. The number of nitrogens with two attached hydrogens (primary N) is 1. The molecule has 0 saturated carbocycles. The van der Waals surface area contributed by atoms with E-state index in [2.05, 4.69) is 0 Å². The first-order chi connectivity index (χ1) is 8.74. The van der Waals surface area contributed by atoms with E-state index in [1.165, 1.54) is 0 Å². The first-order valence-corrected chi connectivity index (χ1v) is 6.48. The lowest BCUT2D eigenvalue weighted by molar-refractivity contribution is 0.0983. The number of rotatable bonds is 3. The molecule has 18 heavy (non-hydrogen) atoms. The quantitative estimate of drug-likeness (QED) is 0.893. The summed E-state index contributed by atoms with van der Waals surface area (Å²) in [7, 11) is 0. The number of hydrogen-bond donors (Lipinski definition) is 1. The van der Waals surface area contributed by atoms with Gasteiger partial charge in [0, 0.05) is 6.54 Å². The number of carbonyl (C=O) groups is 1. The number of likely N-dealkylation sites (tertiary alicyclic amines) is 1. The molecule has 0 aliphatic carbocycles. The minimum absolute atomic E-state index is 0.0476. The maximum absolute atomic E-state index is 11.8. The van der Waals surface area contributed by atoms with Crippen molar-refractivity contribution in [2.24, 2.45) is 5.73 Å². The standard InChI is InChI=1S/C14H20N2O2/c1-2-18-14(17)16-10-6-9-12(16)13(15)11-7-4-3-5-8-11/h3-5,7-8,12-13H,2,6,9-10,15H2,1H3. The van der Waals surface area contributed by atoms with Crippen LogP contribution in [0, 0.1) is 0 Å². The van der Waals surface area contributed by atoms with Crippen LogP contribution in [0.2, 0.25) is 0 Å². The molecule has 0 radical (unpaired) electrons. The highest BCUT2D eigenvalue weighted by molar-refractivity contribution is 5.68. The molecule has 98 valence electrons. The third-order valence-corrected chi connectivity index (χ3v) is 3.40. The molecule has 4 nitrogen and oxygen atoms in total. The summed E-state index contributed by atoms with van der Waals surface area (Å²) in [5.41, 5.74) is 7.34. The van der Waals surface area contributed by atoms with Crippen LogP contribution in [-0.2, 0) is 4.74 Å². The molecule has 0 aromatic heterocycles. The van der Waals surface area contributed by atoms with Gasteiger partial charge in [0.15, 0.2) is 0 Å². The third-order valence-electron chi connectivity index (χ3n) is 3.40. The van der Waals surface area contributed by atoms with Gasteiger partial charge >= 0.3 is 6.09 Å². The van der Waals surface area contributed by atoms with E-state index in [-0.39, 0.29) is 18.2 Å². The van der Waals surface area contributed by atoms with Crippen molar-refractivity contribution in [2.45, 2.75) is 31.8 Å². The molecule has 2 rings (SSSR count). The molecule has 1 saturated heterocycles. The van der Waals surface area contributed by atoms with Gasteiger partial charge in [0.25, 0.3) is 0 Å². The van der Waals surface area contributed by atoms with Crippen LogP contribution in [0.1, 0.15) is 31.4 Å². The Morgan fingerprint density at radius 1 is 1.50 bits per heavy atom. The van der Waals surface area contributed by atoms with Crippen molar-refractivity contribution in [1.29, 1.82) is 0 Å². The summed E-state index contributed by atoms with van der Waals surface area (Å²) < 4.78 is 5.07. The van der Waals surface area contributed by atoms with Crippen molar-refractivity contribution in [3.63, 3.8) is 0 Å². The Bertz CT molecular complexity index is 394. The molecule has 0 spiro atoms. The Labute approximate surface area is 108 Å². The summed E-state index contributed by atoms with van der Waals surface area (Å²) in [5.74, 6) is 0. The molecule has 1 aliphatic rings. The molecule has 1 amide bonds. The minimum Gasteiger partial charge on any atom is -0.450 e. The summed E-state index contributed by atoms with van der Waals surface area (Å²) >= 11 is 0. The second-order valence-electron chi connectivity index (χ2n) is 4.54. The zero-order chi connectivity index (χ0) is 13.0. The minimum atomic E-state index is -0.244. The summed E-state index contributed by atoms with van der Waals surface area (Å²) in [6.07, 6.45) is 1.69. The van der Waals surface area contributed by atoms with Gasteiger partial charge in [0.05, 0.1) is 18.7 Å². The molecule has 1 aliphatic heterocycles. The number of carbonyl (C=O) groups excluding carboxylic acids is 1. The zero-order valence-corrected chi connectivity index (χ0v) is 10.7. The molecule has 1 fully saturated rings. The number of hydrogen-bond acceptors (Lipinski definition) is 3. The SMILES string of the molecule is CCOC(=O)N1CCCC1C(N)c1ccccc1. The van der Waals surface area contributed by atoms with E-state index in [4.69, 9.17) is 10.5 Å². The molecule has 1 heterocycles. The monoisotopic (exact) mass is 248 g/mol. The van der Waals surface area contributed by atoms with Crippen molar-refractivity contribution in [3.05, 3.63) is 35.9 Å². The van der Waals surface area contributed by atoms with Crippen LogP contribution in [0.15, 0.2) is 30.3 Å². The fourth-order valence-electron chi connectivity index (χ4n) is 2.50. The topological polar surface area (TPSA) is 55.6 Å². The highest BCUT2D eigenvalue weighted by Gasteiger charge is 2.34. The Hall–Kier alpha value is -1.55. The molecular weight excluding hydrogens is 228 g/mol. The average Bonchev–Trinajstić information content (AvgIpc) is 2.88. The Morgan fingerprint density at radius 3 is 2.89 bits per heavy atom. The van der Waals surface area contributed by atoms with E-state index in [1.54, 1.807) is 4.90 Å². The Morgan fingerprint density at radius 2 is 2.22 bits per heavy atom. The molecule has 1 aromatic carbocycles. The average molecular weight is 248 g/mol. The highest BCUT2D eigenvalue weighted by atomic mass is 16.6. The fourth-order valence-corrected chi connectivity index (χ4v) is 2.50. The van der Waals surface area contributed by atoms with Crippen molar-refractivity contribution < 1.29 is 9.53 Å². The molecule has 4 heteroatoms. The maximum atomic E-state index is 11.8. The number of amides is 1. The van der Waals surface area contributed by atoms with Gasteiger partial charge in [0.2, 0.25) is 0 Å². The van der Waals surface area contributed by atoms with E-state index in [0.717, 1.165) is 24.9 Å². The van der Waals surface area contributed by atoms with Crippen molar-refractivity contribution in [1.82, 2.24) is 4.90 Å². The van der Waals surface area contributed by atoms with Crippen LogP contribution < -0.4 is 5.73 Å². The Kier molecular flexibility index (Phi) is 4.20. The van der Waals surface area contributed by atoms with E-state index in [1.807, 2.05) is 37.3 Å². The number of ether oxygens (including phenoxy) is 1. The second-order valence-corrected chi connectivity index (χ2v) is 4.54. The predicted octanol–water partition coefficient (Wildman–Crippen LogP) is 2.31. The van der Waals surface area contributed by atoms with Crippen LogP contribution in [0.4, 0.5) is 4.79 Å². The van der Waals surface area contributed by atoms with Crippen molar-refractivity contribution in [3.8, 4) is 0 Å². The van der Waals surface area contributed by atoms with E-state index < -0.39 is 0 Å². The molecule has 0 bridgehead atoms. The highest BCUT2D eigenvalue weighted by Crippen LogP contribution is 2.28. The third kappa shape index (κ3) is 2.64. The lowest BCUT2D eigenvalue weighted by atomic mass is 9.98. The summed E-state index contributed by atoms with van der Waals surface area (Å²) in [4.78, 5) is 13.6.